The minimum atomic E-state index is -0.247. The lowest BCUT2D eigenvalue weighted by atomic mass is 9.82. The van der Waals surface area contributed by atoms with Gasteiger partial charge in [0, 0.05) is 29.4 Å². The van der Waals surface area contributed by atoms with Crippen molar-refractivity contribution in [1.29, 1.82) is 0 Å². The van der Waals surface area contributed by atoms with E-state index in [4.69, 9.17) is 10.8 Å². The molecular formula is C35H37N5O. The molecule has 1 unspecified atom stereocenters. The monoisotopic (exact) mass is 543 g/mol. The predicted molar refractivity (Wildman–Crippen MR) is 168 cm³/mol. The van der Waals surface area contributed by atoms with E-state index in [1.54, 1.807) is 9.91 Å². The van der Waals surface area contributed by atoms with Gasteiger partial charge in [-0.15, -0.1) is 0 Å². The van der Waals surface area contributed by atoms with E-state index in [-0.39, 0.29) is 18.0 Å². The highest BCUT2D eigenvalue weighted by Crippen LogP contribution is 2.40. The topological polar surface area (TPSA) is 74.0 Å². The Labute approximate surface area is 242 Å². The number of nitrogens with one attached hydrogen (secondary N) is 1. The SMILES string of the molecule is CC(c1ccccc1)N1N=C(C2CCCCC2)c2cc(NCc3ccccc3)ccc2N(c2ccc(N)cc2)C1=O. The van der Waals surface area contributed by atoms with Gasteiger partial charge in [0.05, 0.1) is 23.1 Å². The fourth-order valence-corrected chi connectivity index (χ4v) is 5.94. The number of hydrazone groups is 1. The number of carbonyl (C=O) groups is 1. The number of hydrogen-bond donors (Lipinski definition) is 2. The van der Waals surface area contributed by atoms with E-state index in [0.717, 1.165) is 46.7 Å². The molecule has 1 atom stereocenters. The lowest BCUT2D eigenvalue weighted by Crippen LogP contribution is -2.38. The lowest BCUT2D eigenvalue weighted by molar-refractivity contribution is 0.191. The fraction of sp³-hybridized carbons (Fsp3) is 0.257. The summed E-state index contributed by atoms with van der Waals surface area (Å²) in [5, 5.41) is 10.5. The Morgan fingerprint density at radius 2 is 1.56 bits per heavy atom. The highest BCUT2D eigenvalue weighted by atomic mass is 16.2. The van der Waals surface area contributed by atoms with Crippen molar-refractivity contribution in [2.45, 2.75) is 51.6 Å². The Kier molecular flexibility index (Phi) is 7.72. The first-order valence-corrected chi connectivity index (χ1v) is 14.6. The van der Waals surface area contributed by atoms with E-state index in [0.29, 0.717) is 12.2 Å². The van der Waals surface area contributed by atoms with E-state index < -0.39 is 0 Å². The van der Waals surface area contributed by atoms with Crippen molar-refractivity contribution in [2.24, 2.45) is 11.0 Å². The van der Waals surface area contributed by atoms with Crippen LogP contribution >= 0.6 is 0 Å². The summed E-state index contributed by atoms with van der Waals surface area (Å²) in [6.45, 7) is 2.77. The molecule has 3 N–H and O–H groups in total. The third kappa shape index (κ3) is 5.68. The number of rotatable bonds is 7. The number of urea groups is 1. The first-order valence-electron chi connectivity index (χ1n) is 14.6. The van der Waals surface area contributed by atoms with Crippen molar-refractivity contribution < 1.29 is 4.79 Å². The van der Waals surface area contributed by atoms with Gasteiger partial charge in [0.25, 0.3) is 0 Å². The molecule has 0 spiro atoms. The molecule has 0 aromatic heterocycles. The largest absolute Gasteiger partial charge is 0.399 e. The van der Waals surface area contributed by atoms with Crippen molar-refractivity contribution in [2.75, 3.05) is 16.0 Å². The highest BCUT2D eigenvalue weighted by molar-refractivity contribution is 6.14. The van der Waals surface area contributed by atoms with Crippen LogP contribution in [-0.4, -0.2) is 16.8 Å². The summed E-state index contributed by atoms with van der Waals surface area (Å²) in [5.41, 5.74) is 13.6. The molecule has 0 saturated heterocycles. The average molecular weight is 544 g/mol. The highest BCUT2D eigenvalue weighted by Gasteiger charge is 2.36. The number of nitrogens with zero attached hydrogens (tertiary/aromatic N) is 3. The molecule has 1 aliphatic heterocycles. The van der Waals surface area contributed by atoms with E-state index in [1.165, 1.54) is 24.8 Å². The van der Waals surface area contributed by atoms with Crippen LogP contribution in [0.25, 0.3) is 0 Å². The normalized spacial score (nSPS) is 16.5. The molecule has 208 valence electrons. The summed E-state index contributed by atoms with van der Waals surface area (Å²) in [5.74, 6) is 0.288. The molecule has 4 aromatic carbocycles. The van der Waals surface area contributed by atoms with Crippen LogP contribution < -0.4 is 16.0 Å². The summed E-state index contributed by atoms with van der Waals surface area (Å²) in [4.78, 5) is 16.3. The molecule has 0 radical (unpaired) electrons. The maximum Gasteiger partial charge on any atom is 0.350 e. The van der Waals surface area contributed by atoms with E-state index in [1.807, 2.05) is 48.5 Å². The molecule has 1 fully saturated rings. The molecule has 41 heavy (non-hydrogen) atoms. The zero-order chi connectivity index (χ0) is 28.2. The van der Waals surface area contributed by atoms with Gasteiger partial charge in [-0.25, -0.2) is 9.80 Å². The molecule has 0 bridgehead atoms. The van der Waals surface area contributed by atoms with Crippen LogP contribution in [0.3, 0.4) is 0 Å². The van der Waals surface area contributed by atoms with E-state index in [2.05, 4.69) is 66.8 Å². The number of anilines is 4. The third-order valence-electron chi connectivity index (χ3n) is 8.25. The lowest BCUT2D eigenvalue weighted by Gasteiger charge is -2.30. The van der Waals surface area contributed by atoms with Crippen molar-refractivity contribution in [3.8, 4) is 0 Å². The molecule has 2 aliphatic rings. The minimum Gasteiger partial charge on any atom is -0.399 e. The van der Waals surface area contributed by atoms with Gasteiger partial charge in [-0.05, 0) is 73.4 Å². The van der Waals surface area contributed by atoms with Gasteiger partial charge in [0.2, 0.25) is 0 Å². The Morgan fingerprint density at radius 1 is 0.878 bits per heavy atom. The summed E-state index contributed by atoms with van der Waals surface area (Å²) in [7, 11) is 0. The molecule has 6 rings (SSSR count). The van der Waals surface area contributed by atoms with Crippen molar-refractivity contribution in [3.05, 3.63) is 120 Å². The van der Waals surface area contributed by atoms with Gasteiger partial charge < -0.3 is 11.1 Å². The Hall–Kier alpha value is -4.58. The Balaban J connectivity index is 1.49. The second-order valence-electron chi connectivity index (χ2n) is 11.0. The predicted octanol–water partition coefficient (Wildman–Crippen LogP) is 8.50. The van der Waals surface area contributed by atoms with E-state index >= 15 is 0 Å². The van der Waals surface area contributed by atoms with Crippen LogP contribution in [-0.2, 0) is 6.54 Å². The van der Waals surface area contributed by atoms with Gasteiger partial charge in [-0.1, -0.05) is 79.9 Å². The number of amides is 2. The van der Waals surface area contributed by atoms with Gasteiger partial charge >= 0.3 is 6.03 Å². The zero-order valence-electron chi connectivity index (χ0n) is 23.5. The minimum absolute atomic E-state index is 0.178. The third-order valence-corrected chi connectivity index (χ3v) is 8.25. The van der Waals surface area contributed by atoms with Crippen LogP contribution in [0.2, 0.25) is 0 Å². The van der Waals surface area contributed by atoms with E-state index in [9.17, 15) is 4.79 Å². The molecule has 6 heteroatoms. The number of benzene rings is 4. The Morgan fingerprint density at radius 3 is 2.27 bits per heavy atom. The van der Waals surface area contributed by atoms with Crippen molar-refractivity contribution >= 4 is 34.5 Å². The smallest absolute Gasteiger partial charge is 0.350 e. The molecule has 2 amide bonds. The maximum absolute atomic E-state index is 14.5. The first kappa shape index (κ1) is 26.6. The number of fused-ring (bicyclic) bond motifs is 1. The van der Waals surface area contributed by atoms with Gasteiger partial charge in [0.1, 0.15) is 0 Å². The summed E-state index contributed by atoms with van der Waals surface area (Å²) in [6.07, 6.45) is 5.74. The molecule has 1 heterocycles. The summed E-state index contributed by atoms with van der Waals surface area (Å²) in [6, 6.07) is 33.9. The van der Waals surface area contributed by atoms with Crippen LogP contribution in [0, 0.1) is 5.92 Å². The summed E-state index contributed by atoms with van der Waals surface area (Å²) < 4.78 is 0. The number of hydrogen-bond acceptors (Lipinski definition) is 4. The van der Waals surface area contributed by atoms with Crippen LogP contribution in [0.4, 0.5) is 27.5 Å². The molecule has 1 saturated carbocycles. The number of nitrogen functional groups attached to an aromatic ring is 1. The van der Waals surface area contributed by atoms with Crippen LogP contribution in [0.1, 0.15) is 61.8 Å². The molecular weight excluding hydrogens is 506 g/mol. The van der Waals surface area contributed by atoms with Crippen molar-refractivity contribution in [3.63, 3.8) is 0 Å². The average Bonchev–Trinajstić information content (AvgIpc) is 3.15. The number of carbonyl (C=O) groups excluding carboxylic acids is 1. The fourth-order valence-electron chi connectivity index (χ4n) is 5.94. The quantitative estimate of drug-likeness (QED) is 0.230. The number of nitrogens with two attached hydrogens (primary N) is 1. The summed E-state index contributed by atoms with van der Waals surface area (Å²) >= 11 is 0. The van der Waals surface area contributed by atoms with Gasteiger partial charge in [0.15, 0.2) is 0 Å². The van der Waals surface area contributed by atoms with Crippen LogP contribution in [0.5, 0.6) is 0 Å². The molecule has 1 aliphatic carbocycles. The molecule has 6 nitrogen and oxygen atoms in total. The zero-order valence-corrected chi connectivity index (χ0v) is 23.5. The van der Waals surface area contributed by atoms with Crippen LogP contribution in [0.15, 0.2) is 108 Å². The maximum atomic E-state index is 14.5. The second-order valence-corrected chi connectivity index (χ2v) is 11.0. The first-order chi connectivity index (χ1) is 20.1. The van der Waals surface area contributed by atoms with Gasteiger partial charge in [-0.3, -0.25) is 4.90 Å². The Bertz CT molecular complexity index is 1510. The standard InChI is InChI=1S/C35H37N5O/c1-25(27-13-7-3-8-14-27)40-35(41)39(31-20-17-29(36)18-21-31)33-22-19-30(37-24-26-11-5-2-6-12-26)23-32(33)34(38-40)28-15-9-4-10-16-28/h2-3,5-8,11-14,17-23,25,28,37H,4,9-10,15-16,24,36H2,1H3. The molecule has 4 aromatic rings. The van der Waals surface area contributed by atoms with Gasteiger partial charge in [-0.2, -0.15) is 5.10 Å². The second kappa shape index (κ2) is 11.9. The van der Waals surface area contributed by atoms with Crippen molar-refractivity contribution in [1.82, 2.24) is 5.01 Å².